The summed E-state index contributed by atoms with van der Waals surface area (Å²) in [5.74, 6) is -0.245. The highest BCUT2D eigenvalue weighted by Gasteiger charge is 2.30. The van der Waals surface area contributed by atoms with Gasteiger partial charge in [-0.2, -0.15) is 11.3 Å². The van der Waals surface area contributed by atoms with Gasteiger partial charge in [-0.3, -0.25) is 4.79 Å². The van der Waals surface area contributed by atoms with E-state index in [4.69, 9.17) is 0 Å². The minimum absolute atomic E-state index is 0.109. The summed E-state index contributed by atoms with van der Waals surface area (Å²) in [4.78, 5) is 23.3. The van der Waals surface area contributed by atoms with Gasteiger partial charge in [0.2, 0.25) is 0 Å². The zero-order chi connectivity index (χ0) is 9.97. The molecule has 1 aliphatic heterocycles. The van der Waals surface area contributed by atoms with Crippen molar-refractivity contribution < 1.29 is 14.3 Å². The summed E-state index contributed by atoms with van der Waals surface area (Å²) in [6.45, 7) is 0.302. The highest BCUT2D eigenvalue weighted by molar-refractivity contribution is 7.07. The van der Waals surface area contributed by atoms with Crippen molar-refractivity contribution in [1.29, 1.82) is 0 Å². The molecular formula is C9H9NO3S. The van der Waals surface area contributed by atoms with Crippen LogP contribution >= 0.6 is 11.3 Å². The standard InChI is InChI=1S/C9H9NO3S/c11-8-5-13-9(12)10(8)3-1-7-2-4-14-6-7/h2,4,6H,1,3,5H2. The molecule has 4 nitrogen and oxygen atoms in total. The van der Waals surface area contributed by atoms with Crippen LogP contribution in [0.3, 0.4) is 0 Å². The van der Waals surface area contributed by atoms with Crippen molar-refractivity contribution >= 4 is 23.3 Å². The monoisotopic (exact) mass is 211 g/mol. The third-order valence-electron chi connectivity index (χ3n) is 2.04. The summed E-state index contributed by atoms with van der Waals surface area (Å²) in [6, 6.07) is 1.98. The van der Waals surface area contributed by atoms with E-state index in [2.05, 4.69) is 4.74 Å². The molecule has 1 fully saturated rings. The van der Waals surface area contributed by atoms with Crippen molar-refractivity contribution in [2.24, 2.45) is 0 Å². The van der Waals surface area contributed by atoms with Gasteiger partial charge in [-0.1, -0.05) is 0 Å². The Bertz CT molecular complexity index is 331. The Morgan fingerprint density at radius 1 is 1.50 bits per heavy atom. The summed E-state index contributed by atoms with van der Waals surface area (Å²) in [5.41, 5.74) is 1.14. The highest BCUT2D eigenvalue weighted by Crippen LogP contribution is 2.10. The Labute approximate surface area is 85.1 Å². The lowest BCUT2D eigenvalue weighted by atomic mass is 10.2. The van der Waals surface area contributed by atoms with E-state index < -0.39 is 6.09 Å². The van der Waals surface area contributed by atoms with Gasteiger partial charge in [0.15, 0.2) is 6.61 Å². The number of carbonyl (C=O) groups is 2. The number of nitrogens with zero attached hydrogens (tertiary/aromatic N) is 1. The summed E-state index contributed by atoms with van der Waals surface area (Å²) in [5, 5.41) is 3.98. The minimum Gasteiger partial charge on any atom is -0.439 e. The molecule has 74 valence electrons. The molecule has 0 aromatic carbocycles. The molecule has 14 heavy (non-hydrogen) atoms. The molecule has 1 aliphatic rings. The summed E-state index contributed by atoms with van der Waals surface area (Å²) < 4.78 is 4.59. The average molecular weight is 211 g/mol. The second kappa shape index (κ2) is 3.79. The Kier molecular flexibility index (Phi) is 2.49. The maximum atomic E-state index is 11.1. The molecule has 2 amide bonds. The predicted molar refractivity (Wildman–Crippen MR) is 51.1 cm³/mol. The van der Waals surface area contributed by atoms with Crippen LogP contribution in [0.1, 0.15) is 5.56 Å². The van der Waals surface area contributed by atoms with Gasteiger partial charge in [-0.05, 0) is 28.8 Å². The fourth-order valence-electron chi connectivity index (χ4n) is 1.27. The molecule has 5 heteroatoms. The van der Waals surface area contributed by atoms with Crippen LogP contribution in [0.4, 0.5) is 4.79 Å². The van der Waals surface area contributed by atoms with Crippen LogP contribution in [0, 0.1) is 0 Å². The third kappa shape index (κ3) is 1.77. The molecule has 0 radical (unpaired) electrons. The van der Waals surface area contributed by atoms with E-state index in [0.717, 1.165) is 10.5 Å². The van der Waals surface area contributed by atoms with Crippen molar-refractivity contribution in [2.75, 3.05) is 13.2 Å². The number of amides is 2. The summed E-state index contributed by atoms with van der Waals surface area (Å²) in [7, 11) is 0. The first-order chi connectivity index (χ1) is 6.77. The van der Waals surface area contributed by atoms with Crippen molar-refractivity contribution in [2.45, 2.75) is 6.42 Å². The number of hydrogen-bond donors (Lipinski definition) is 0. The zero-order valence-corrected chi connectivity index (χ0v) is 8.25. The number of hydrogen-bond acceptors (Lipinski definition) is 4. The topological polar surface area (TPSA) is 46.6 Å². The minimum atomic E-state index is -0.523. The molecule has 0 atom stereocenters. The van der Waals surface area contributed by atoms with E-state index in [1.807, 2.05) is 16.8 Å². The Hall–Kier alpha value is -1.36. The van der Waals surface area contributed by atoms with Gasteiger partial charge in [-0.25, -0.2) is 9.69 Å². The Balaban J connectivity index is 1.92. The number of thiophene rings is 1. The van der Waals surface area contributed by atoms with E-state index in [1.165, 1.54) is 0 Å². The number of imide groups is 1. The van der Waals surface area contributed by atoms with Gasteiger partial charge in [0.05, 0.1) is 0 Å². The molecule has 0 unspecified atom stereocenters. The van der Waals surface area contributed by atoms with Gasteiger partial charge < -0.3 is 4.74 Å². The largest absolute Gasteiger partial charge is 0.439 e. The molecular weight excluding hydrogens is 202 g/mol. The third-order valence-corrected chi connectivity index (χ3v) is 2.78. The zero-order valence-electron chi connectivity index (χ0n) is 7.43. The van der Waals surface area contributed by atoms with Gasteiger partial charge in [0, 0.05) is 6.54 Å². The molecule has 0 saturated carbocycles. The van der Waals surface area contributed by atoms with Gasteiger partial charge in [0.25, 0.3) is 5.91 Å². The molecule has 2 rings (SSSR count). The molecule has 0 aliphatic carbocycles. The first kappa shape index (κ1) is 9.21. The van der Waals surface area contributed by atoms with E-state index in [9.17, 15) is 9.59 Å². The number of ether oxygens (including phenoxy) is 1. The first-order valence-electron chi connectivity index (χ1n) is 4.25. The van der Waals surface area contributed by atoms with Crippen LogP contribution < -0.4 is 0 Å². The normalized spacial score (nSPS) is 16.1. The highest BCUT2D eigenvalue weighted by atomic mass is 32.1. The first-order valence-corrected chi connectivity index (χ1v) is 5.20. The van der Waals surface area contributed by atoms with E-state index in [1.54, 1.807) is 11.3 Å². The van der Waals surface area contributed by atoms with E-state index >= 15 is 0 Å². The lowest BCUT2D eigenvalue weighted by Crippen LogP contribution is -2.31. The lowest BCUT2D eigenvalue weighted by molar-refractivity contribution is -0.125. The molecule has 0 bridgehead atoms. The maximum Gasteiger partial charge on any atom is 0.417 e. The van der Waals surface area contributed by atoms with Gasteiger partial charge >= 0.3 is 6.09 Å². The van der Waals surface area contributed by atoms with Crippen molar-refractivity contribution in [3.8, 4) is 0 Å². The SMILES string of the molecule is O=C1COC(=O)N1CCc1ccsc1. The Morgan fingerprint density at radius 3 is 2.93 bits per heavy atom. The molecule has 1 saturated heterocycles. The second-order valence-corrected chi connectivity index (χ2v) is 3.76. The van der Waals surface area contributed by atoms with Gasteiger partial charge in [0.1, 0.15) is 0 Å². The summed E-state index contributed by atoms with van der Waals surface area (Å²) in [6.07, 6.45) is 0.176. The quantitative estimate of drug-likeness (QED) is 0.756. The molecule has 0 spiro atoms. The van der Waals surface area contributed by atoms with Crippen molar-refractivity contribution in [3.63, 3.8) is 0 Å². The molecule has 2 heterocycles. The second-order valence-electron chi connectivity index (χ2n) is 2.98. The van der Waals surface area contributed by atoms with Crippen molar-refractivity contribution in [3.05, 3.63) is 22.4 Å². The van der Waals surface area contributed by atoms with Gasteiger partial charge in [-0.15, -0.1) is 0 Å². The van der Waals surface area contributed by atoms with Crippen LogP contribution in [-0.4, -0.2) is 30.1 Å². The van der Waals surface area contributed by atoms with Crippen LogP contribution in [-0.2, 0) is 16.0 Å². The molecule has 1 aromatic heterocycles. The van der Waals surface area contributed by atoms with Crippen LogP contribution in [0.5, 0.6) is 0 Å². The number of carbonyl (C=O) groups excluding carboxylic acids is 2. The maximum absolute atomic E-state index is 11.1. The Morgan fingerprint density at radius 2 is 2.36 bits per heavy atom. The van der Waals surface area contributed by atoms with E-state index in [0.29, 0.717) is 13.0 Å². The summed E-state index contributed by atoms with van der Waals surface area (Å²) >= 11 is 1.60. The van der Waals surface area contributed by atoms with E-state index in [-0.39, 0.29) is 12.5 Å². The fraction of sp³-hybridized carbons (Fsp3) is 0.333. The van der Waals surface area contributed by atoms with Crippen LogP contribution in [0.2, 0.25) is 0 Å². The van der Waals surface area contributed by atoms with Crippen LogP contribution in [0.15, 0.2) is 16.8 Å². The smallest absolute Gasteiger partial charge is 0.417 e. The predicted octanol–water partition coefficient (Wildman–Crippen LogP) is 1.27. The number of cyclic esters (lactones) is 1. The number of rotatable bonds is 3. The molecule has 0 N–H and O–H groups in total. The fourth-order valence-corrected chi connectivity index (χ4v) is 1.98. The average Bonchev–Trinajstić information content (AvgIpc) is 2.76. The van der Waals surface area contributed by atoms with Crippen molar-refractivity contribution in [1.82, 2.24) is 4.90 Å². The molecule has 1 aromatic rings. The lowest BCUT2D eigenvalue weighted by Gasteiger charge is -2.08. The van der Waals surface area contributed by atoms with Crippen LogP contribution in [0.25, 0.3) is 0 Å².